The largest absolute Gasteiger partial charge is 0.369 e. The molecule has 0 heterocycles. The van der Waals surface area contributed by atoms with Crippen LogP contribution in [-0.4, -0.2) is 0 Å². The average molecular weight is 549 g/mol. The van der Waals surface area contributed by atoms with Crippen LogP contribution in [0.25, 0.3) is 0 Å². The van der Waals surface area contributed by atoms with Crippen LogP contribution in [0, 0.1) is 0 Å². The third-order valence-corrected chi connectivity index (χ3v) is 10.2. The fraction of sp³-hybridized carbons (Fsp3) is 0.133. The van der Waals surface area contributed by atoms with E-state index >= 15 is 0 Å². The molecule has 196 valence electrons. The summed E-state index contributed by atoms with van der Waals surface area (Å²) in [5.41, 5.74) is 3.09. The molecule has 0 bridgehead atoms. The molecule has 0 unspecified atom stereocenters. The summed E-state index contributed by atoms with van der Waals surface area (Å²) in [4.78, 5) is 0. The average Bonchev–Trinajstić information content (AvgIpc) is 2.99. The molecule has 0 spiro atoms. The van der Waals surface area contributed by atoms with Gasteiger partial charge in [-0.3, -0.25) is 9.13 Å². The lowest BCUT2D eigenvalue weighted by Gasteiger charge is -2.26. The molecule has 0 aliphatic heterocycles. The predicted octanol–water partition coefficient (Wildman–Crippen LogP) is 8.71. The lowest BCUT2D eigenvalue weighted by atomic mass is 10.2. The lowest BCUT2D eigenvalue weighted by Crippen LogP contribution is -2.05. The van der Waals surface area contributed by atoms with E-state index in [-0.39, 0.29) is 31.5 Å². The van der Waals surface area contributed by atoms with Crippen molar-refractivity contribution in [1.82, 2.24) is 0 Å². The van der Waals surface area contributed by atoms with Crippen LogP contribution < -0.4 is 0 Å². The predicted molar refractivity (Wildman–Crippen MR) is 149 cm³/mol. The minimum absolute atomic E-state index is 0.0384. The molecular formula is C30H30O6P2. The van der Waals surface area contributed by atoms with Crippen molar-refractivity contribution >= 4 is 15.2 Å². The zero-order chi connectivity index (χ0) is 26.7. The van der Waals surface area contributed by atoms with Gasteiger partial charge in [0.2, 0.25) is 0 Å². The van der Waals surface area contributed by atoms with E-state index in [9.17, 15) is 9.13 Å². The molecule has 4 aromatic carbocycles. The first kappa shape index (κ1) is 27.9. The normalized spacial score (nSPS) is 11.8. The van der Waals surface area contributed by atoms with Crippen molar-refractivity contribution in [2.24, 2.45) is 0 Å². The van der Waals surface area contributed by atoms with Crippen LogP contribution >= 0.6 is 15.2 Å². The van der Waals surface area contributed by atoms with Crippen molar-refractivity contribution in [2.75, 3.05) is 0 Å². The van der Waals surface area contributed by atoms with Gasteiger partial charge in [-0.15, -0.1) is 0 Å². The molecule has 0 aromatic heterocycles. The fourth-order valence-corrected chi connectivity index (χ4v) is 7.37. The van der Waals surface area contributed by atoms with Gasteiger partial charge in [-0.05, 0) is 22.3 Å². The van der Waals surface area contributed by atoms with Gasteiger partial charge in [0.25, 0.3) is 0 Å². The zero-order valence-corrected chi connectivity index (χ0v) is 22.7. The Hall–Kier alpha value is -3.08. The second kappa shape index (κ2) is 13.6. The number of benzene rings is 4. The van der Waals surface area contributed by atoms with Crippen LogP contribution in [0.5, 0.6) is 0 Å². The quantitative estimate of drug-likeness (QED) is 0.147. The summed E-state index contributed by atoms with van der Waals surface area (Å²) in [5, 5.41) is -0.344. The van der Waals surface area contributed by atoms with Gasteiger partial charge >= 0.3 is 15.2 Å². The summed E-state index contributed by atoms with van der Waals surface area (Å²) >= 11 is 0. The van der Waals surface area contributed by atoms with Crippen molar-refractivity contribution in [2.45, 2.75) is 26.4 Å². The van der Waals surface area contributed by atoms with Crippen LogP contribution in [0.15, 0.2) is 133 Å². The van der Waals surface area contributed by atoms with Gasteiger partial charge in [-0.25, -0.2) is 0 Å². The lowest BCUT2D eigenvalue weighted by molar-refractivity contribution is 0.185. The van der Waals surface area contributed by atoms with Crippen LogP contribution in [0.3, 0.4) is 0 Å². The minimum Gasteiger partial charge on any atom is -0.300 e. The maximum Gasteiger partial charge on any atom is 0.369 e. The first-order valence-corrected chi connectivity index (χ1v) is 15.2. The Kier molecular flexibility index (Phi) is 10.0. The molecule has 0 aliphatic rings. The van der Waals surface area contributed by atoms with E-state index in [2.05, 4.69) is 6.58 Å². The molecule has 0 fully saturated rings. The van der Waals surface area contributed by atoms with E-state index in [1.165, 1.54) is 0 Å². The second-order valence-electron chi connectivity index (χ2n) is 8.45. The molecule has 0 aliphatic carbocycles. The molecule has 0 atom stereocenters. The molecule has 38 heavy (non-hydrogen) atoms. The second-order valence-corrected chi connectivity index (χ2v) is 12.9. The summed E-state index contributed by atoms with van der Waals surface area (Å²) < 4.78 is 51.9. The zero-order valence-electron chi connectivity index (χ0n) is 20.9. The van der Waals surface area contributed by atoms with E-state index in [1.807, 2.05) is 121 Å². The fourth-order valence-electron chi connectivity index (χ4n) is 3.46. The molecule has 0 N–H and O–H groups in total. The van der Waals surface area contributed by atoms with Crippen molar-refractivity contribution in [3.63, 3.8) is 0 Å². The molecule has 0 amide bonds. The first-order valence-electron chi connectivity index (χ1n) is 12.1. The van der Waals surface area contributed by atoms with Gasteiger partial charge in [-0.2, -0.15) is 0 Å². The van der Waals surface area contributed by atoms with E-state index in [4.69, 9.17) is 18.1 Å². The summed E-state index contributed by atoms with van der Waals surface area (Å²) in [5.74, 6) is 0. The molecule has 6 nitrogen and oxygen atoms in total. The van der Waals surface area contributed by atoms with Gasteiger partial charge in [0.05, 0.1) is 26.4 Å². The van der Waals surface area contributed by atoms with Gasteiger partial charge in [0.15, 0.2) is 0 Å². The minimum atomic E-state index is -4.21. The Balaban J connectivity index is 1.60. The highest BCUT2D eigenvalue weighted by Gasteiger charge is 2.44. The Morgan fingerprint density at radius 1 is 0.447 bits per heavy atom. The highest BCUT2D eigenvalue weighted by Crippen LogP contribution is 2.74. The third-order valence-electron chi connectivity index (χ3n) is 5.61. The number of rotatable bonds is 14. The Morgan fingerprint density at radius 3 is 0.868 bits per heavy atom. The summed E-state index contributed by atoms with van der Waals surface area (Å²) in [6.07, 6.45) is 0. The topological polar surface area (TPSA) is 71.1 Å². The Labute approximate surface area is 223 Å². The van der Waals surface area contributed by atoms with Crippen molar-refractivity contribution < 1.29 is 27.2 Å². The molecule has 0 saturated carbocycles. The molecule has 4 rings (SSSR count). The van der Waals surface area contributed by atoms with Gasteiger partial charge in [0, 0.05) is 0 Å². The van der Waals surface area contributed by atoms with Crippen LogP contribution in [-0.2, 0) is 53.7 Å². The Morgan fingerprint density at radius 2 is 0.658 bits per heavy atom. The van der Waals surface area contributed by atoms with Crippen molar-refractivity contribution in [1.29, 1.82) is 0 Å². The molecule has 0 radical (unpaired) electrons. The third kappa shape index (κ3) is 7.96. The van der Waals surface area contributed by atoms with Gasteiger partial charge < -0.3 is 18.1 Å². The van der Waals surface area contributed by atoms with E-state index in [0.717, 1.165) is 22.3 Å². The van der Waals surface area contributed by atoms with E-state index < -0.39 is 15.2 Å². The standard InChI is InChI=1S/C30H30O6P2/c1-26(37(31,33-22-27-14-6-2-7-15-27)34-23-28-16-8-3-9-17-28)38(32,35-24-29-18-10-4-11-19-29)36-25-30-20-12-5-13-21-30/h2-21H,1,22-25H2. The number of hydrogen-bond donors (Lipinski definition) is 0. The summed E-state index contributed by atoms with van der Waals surface area (Å²) in [6.45, 7) is 3.77. The first-order chi connectivity index (χ1) is 18.5. The number of hydrogen-bond acceptors (Lipinski definition) is 6. The Bertz CT molecular complexity index is 1180. The van der Waals surface area contributed by atoms with Crippen LogP contribution in [0.2, 0.25) is 0 Å². The maximum atomic E-state index is 14.3. The summed E-state index contributed by atoms with van der Waals surface area (Å²) in [6, 6.07) is 36.9. The monoisotopic (exact) mass is 548 g/mol. The van der Waals surface area contributed by atoms with E-state index in [1.54, 1.807) is 0 Å². The van der Waals surface area contributed by atoms with Gasteiger partial charge in [0.1, 0.15) is 5.06 Å². The van der Waals surface area contributed by atoms with Crippen LogP contribution in [0.1, 0.15) is 22.3 Å². The maximum absolute atomic E-state index is 14.3. The van der Waals surface area contributed by atoms with Crippen molar-refractivity contribution in [3.05, 3.63) is 155 Å². The SMILES string of the molecule is C=C(P(=O)(OCc1ccccc1)OCc1ccccc1)P(=O)(OCc1ccccc1)OCc1ccccc1. The highest BCUT2D eigenvalue weighted by molar-refractivity contribution is 7.78. The van der Waals surface area contributed by atoms with Gasteiger partial charge in [-0.1, -0.05) is 128 Å². The molecule has 0 saturated heterocycles. The van der Waals surface area contributed by atoms with Crippen LogP contribution in [0.4, 0.5) is 0 Å². The molecule has 4 aromatic rings. The van der Waals surface area contributed by atoms with Crippen molar-refractivity contribution in [3.8, 4) is 0 Å². The van der Waals surface area contributed by atoms with E-state index in [0.29, 0.717) is 0 Å². The summed E-state index contributed by atoms with van der Waals surface area (Å²) in [7, 11) is -8.43. The molecular weight excluding hydrogens is 518 g/mol. The highest BCUT2D eigenvalue weighted by atomic mass is 31.2. The smallest absolute Gasteiger partial charge is 0.300 e. The molecule has 8 heteroatoms.